The highest BCUT2D eigenvalue weighted by molar-refractivity contribution is 6.08. The van der Waals surface area contributed by atoms with Crippen molar-refractivity contribution in [3.8, 4) is 11.5 Å². The molecule has 0 aliphatic heterocycles. The lowest BCUT2D eigenvalue weighted by molar-refractivity contribution is -0.116. The van der Waals surface area contributed by atoms with Crippen molar-refractivity contribution in [3.63, 3.8) is 0 Å². The minimum atomic E-state index is -0.293. The molecular formula is C24H24N4O4. The van der Waals surface area contributed by atoms with Gasteiger partial charge in [0.1, 0.15) is 12.2 Å². The van der Waals surface area contributed by atoms with Gasteiger partial charge in [0.15, 0.2) is 5.76 Å². The van der Waals surface area contributed by atoms with Gasteiger partial charge in [-0.05, 0) is 50.1 Å². The van der Waals surface area contributed by atoms with Crippen LogP contribution in [0.2, 0.25) is 0 Å². The van der Waals surface area contributed by atoms with Gasteiger partial charge in [0.05, 0.1) is 22.9 Å². The lowest BCUT2D eigenvalue weighted by Gasteiger charge is -2.22. The van der Waals surface area contributed by atoms with E-state index in [0.29, 0.717) is 41.1 Å². The van der Waals surface area contributed by atoms with Crippen molar-refractivity contribution >= 4 is 28.6 Å². The molecule has 4 rings (SSSR count). The summed E-state index contributed by atoms with van der Waals surface area (Å²) in [7, 11) is 0. The van der Waals surface area contributed by atoms with E-state index < -0.39 is 0 Å². The van der Waals surface area contributed by atoms with Crippen LogP contribution < -0.4 is 5.32 Å². The molecule has 0 unspecified atom stereocenters. The number of rotatable bonds is 7. The van der Waals surface area contributed by atoms with Crippen molar-refractivity contribution < 1.29 is 18.5 Å². The zero-order valence-corrected chi connectivity index (χ0v) is 18.2. The van der Waals surface area contributed by atoms with E-state index in [9.17, 15) is 9.59 Å². The highest BCUT2D eigenvalue weighted by Gasteiger charge is 2.25. The normalized spacial score (nSPS) is 11.0. The molecule has 0 spiro atoms. The molecule has 0 fully saturated rings. The summed E-state index contributed by atoms with van der Waals surface area (Å²) >= 11 is 0. The summed E-state index contributed by atoms with van der Waals surface area (Å²) in [4.78, 5) is 32.3. The van der Waals surface area contributed by atoms with Gasteiger partial charge in [-0.3, -0.25) is 9.59 Å². The molecule has 0 saturated carbocycles. The molecule has 1 aromatic carbocycles. The monoisotopic (exact) mass is 432 g/mol. The number of aromatic nitrogens is 2. The first-order valence-electron chi connectivity index (χ1n) is 10.4. The average Bonchev–Trinajstić information content (AvgIpc) is 3.44. The van der Waals surface area contributed by atoms with Crippen molar-refractivity contribution in [2.75, 3.05) is 18.4 Å². The predicted molar refractivity (Wildman–Crippen MR) is 120 cm³/mol. The number of nitrogens with one attached hydrogen (secondary N) is 1. The van der Waals surface area contributed by atoms with Gasteiger partial charge in [-0.2, -0.15) is 0 Å². The van der Waals surface area contributed by atoms with E-state index in [-0.39, 0.29) is 24.1 Å². The molecule has 8 nitrogen and oxygen atoms in total. The van der Waals surface area contributed by atoms with E-state index in [0.717, 1.165) is 11.3 Å². The molecular weight excluding hydrogens is 408 g/mol. The molecule has 0 aliphatic carbocycles. The quantitative estimate of drug-likeness (QED) is 0.458. The van der Waals surface area contributed by atoms with Crippen LogP contribution in [0.3, 0.4) is 0 Å². The third-order valence-electron chi connectivity index (χ3n) is 5.16. The minimum Gasteiger partial charge on any atom is -0.463 e. The Morgan fingerprint density at radius 1 is 1.12 bits per heavy atom. The molecule has 0 bridgehead atoms. The smallest absolute Gasteiger partial charge is 0.259 e. The van der Waals surface area contributed by atoms with E-state index in [1.165, 1.54) is 11.2 Å². The predicted octanol–water partition coefficient (Wildman–Crippen LogP) is 4.59. The fraction of sp³-hybridized carbons (Fsp3) is 0.250. The van der Waals surface area contributed by atoms with Gasteiger partial charge in [0.25, 0.3) is 11.6 Å². The second-order valence-electron chi connectivity index (χ2n) is 7.57. The number of pyridine rings is 1. The molecule has 2 amide bonds. The molecule has 8 heteroatoms. The summed E-state index contributed by atoms with van der Waals surface area (Å²) < 4.78 is 10.8. The average molecular weight is 432 g/mol. The molecule has 4 aromatic rings. The molecule has 3 heterocycles. The summed E-state index contributed by atoms with van der Waals surface area (Å²) in [5, 5.41) is 7.40. The van der Waals surface area contributed by atoms with Crippen molar-refractivity contribution in [1.29, 1.82) is 0 Å². The number of fused-ring (bicyclic) bond motifs is 1. The summed E-state index contributed by atoms with van der Waals surface area (Å²) in [5.74, 6) is -0.0488. The van der Waals surface area contributed by atoms with Crippen LogP contribution in [-0.2, 0) is 4.79 Å². The Hall–Kier alpha value is -3.94. The number of benzene rings is 1. The summed E-state index contributed by atoms with van der Waals surface area (Å²) in [6.07, 6.45) is 2.24. The van der Waals surface area contributed by atoms with Gasteiger partial charge in [0, 0.05) is 12.2 Å². The molecule has 1 N–H and O–H groups in total. The third-order valence-corrected chi connectivity index (χ3v) is 5.16. The maximum absolute atomic E-state index is 13.6. The lowest BCUT2D eigenvalue weighted by atomic mass is 10.1. The van der Waals surface area contributed by atoms with Crippen molar-refractivity contribution in [1.82, 2.24) is 15.0 Å². The zero-order chi connectivity index (χ0) is 22.7. The van der Waals surface area contributed by atoms with E-state index in [2.05, 4.69) is 15.5 Å². The minimum absolute atomic E-state index is 0.0781. The molecule has 0 aliphatic rings. The van der Waals surface area contributed by atoms with Gasteiger partial charge in [0.2, 0.25) is 5.91 Å². The second kappa shape index (κ2) is 9.05. The van der Waals surface area contributed by atoms with Crippen LogP contribution in [-0.4, -0.2) is 39.9 Å². The van der Waals surface area contributed by atoms with Crippen molar-refractivity contribution in [3.05, 3.63) is 65.5 Å². The number of carbonyl (C=O) groups excluding carboxylic acids is 2. The number of furan rings is 1. The fourth-order valence-electron chi connectivity index (χ4n) is 3.58. The van der Waals surface area contributed by atoms with Gasteiger partial charge in [-0.25, -0.2) is 4.98 Å². The van der Waals surface area contributed by atoms with Gasteiger partial charge in [-0.15, -0.1) is 0 Å². The van der Waals surface area contributed by atoms with E-state index in [1.807, 2.05) is 38.1 Å². The molecule has 164 valence electrons. The summed E-state index contributed by atoms with van der Waals surface area (Å²) in [5.41, 5.74) is 3.32. The SMILES string of the molecule is CCCN(CC(=O)Nc1ccccc1C)C(=O)c1cc(-c2ccco2)nc2onc(C)c12. The van der Waals surface area contributed by atoms with Crippen LogP contribution in [0.15, 0.2) is 57.7 Å². The maximum Gasteiger partial charge on any atom is 0.259 e. The zero-order valence-electron chi connectivity index (χ0n) is 18.2. The van der Waals surface area contributed by atoms with E-state index in [1.54, 1.807) is 25.1 Å². The highest BCUT2D eigenvalue weighted by Crippen LogP contribution is 2.28. The first-order valence-corrected chi connectivity index (χ1v) is 10.4. The second-order valence-corrected chi connectivity index (χ2v) is 7.57. The van der Waals surface area contributed by atoms with E-state index >= 15 is 0 Å². The standard InChI is InChI=1S/C24H24N4O4/c1-4-11-28(14-21(29)25-18-9-6-5-8-15(18)2)24(30)17-13-19(20-10-7-12-31-20)26-23-22(17)16(3)27-32-23/h5-10,12-13H,4,11,14H2,1-3H3,(H,25,29). The van der Waals surface area contributed by atoms with Gasteiger partial charge >= 0.3 is 0 Å². The molecule has 3 aromatic heterocycles. The number of nitrogens with zero attached hydrogens (tertiary/aromatic N) is 3. The number of anilines is 1. The number of para-hydroxylation sites is 1. The number of aryl methyl sites for hydroxylation is 2. The maximum atomic E-state index is 13.6. The topological polar surface area (TPSA) is 101 Å². The Morgan fingerprint density at radius 2 is 1.94 bits per heavy atom. The molecule has 0 saturated heterocycles. The van der Waals surface area contributed by atoms with Crippen molar-refractivity contribution in [2.24, 2.45) is 0 Å². The van der Waals surface area contributed by atoms with Crippen LogP contribution in [0.4, 0.5) is 5.69 Å². The highest BCUT2D eigenvalue weighted by atomic mass is 16.5. The number of carbonyl (C=O) groups is 2. The fourth-order valence-corrected chi connectivity index (χ4v) is 3.58. The Bertz CT molecular complexity index is 1260. The van der Waals surface area contributed by atoms with Crippen LogP contribution in [0.5, 0.6) is 0 Å². The van der Waals surface area contributed by atoms with Crippen LogP contribution in [0.1, 0.15) is 35.0 Å². The summed E-state index contributed by atoms with van der Waals surface area (Å²) in [6, 6.07) is 12.7. The first-order chi connectivity index (χ1) is 15.5. The molecule has 0 atom stereocenters. The summed E-state index contributed by atoms with van der Waals surface area (Å²) in [6.45, 7) is 5.98. The largest absolute Gasteiger partial charge is 0.463 e. The Morgan fingerprint density at radius 3 is 2.66 bits per heavy atom. The van der Waals surface area contributed by atoms with Crippen LogP contribution in [0.25, 0.3) is 22.6 Å². The molecule has 32 heavy (non-hydrogen) atoms. The number of amides is 2. The van der Waals surface area contributed by atoms with Crippen molar-refractivity contribution in [2.45, 2.75) is 27.2 Å². The third kappa shape index (κ3) is 4.25. The lowest BCUT2D eigenvalue weighted by Crippen LogP contribution is -2.38. The molecule has 0 radical (unpaired) electrons. The number of hydrogen-bond donors (Lipinski definition) is 1. The number of hydrogen-bond acceptors (Lipinski definition) is 6. The Kier molecular flexibility index (Phi) is 6.02. The van der Waals surface area contributed by atoms with Gasteiger partial charge < -0.3 is 19.2 Å². The Labute approximate surface area is 185 Å². The van der Waals surface area contributed by atoms with Crippen LogP contribution in [0, 0.1) is 13.8 Å². The van der Waals surface area contributed by atoms with E-state index in [4.69, 9.17) is 8.94 Å². The Balaban J connectivity index is 1.66. The van der Waals surface area contributed by atoms with Crippen LogP contribution >= 0.6 is 0 Å². The first kappa shape index (κ1) is 21.3. The van der Waals surface area contributed by atoms with Gasteiger partial charge in [-0.1, -0.05) is 30.3 Å².